The predicted octanol–water partition coefficient (Wildman–Crippen LogP) is 0.613. The molecular formula is C11H17N3O2. The summed E-state index contributed by atoms with van der Waals surface area (Å²) in [7, 11) is 1.96. The molecule has 2 amide bonds. The van der Waals surface area contributed by atoms with E-state index in [0.29, 0.717) is 13.2 Å². The van der Waals surface area contributed by atoms with Gasteiger partial charge in [0.05, 0.1) is 19.2 Å². The van der Waals surface area contributed by atoms with Crippen LogP contribution in [0.5, 0.6) is 0 Å². The van der Waals surface area contributed by atoms with Gasteiger partial charge in [0.15, 0.2) is 0 Å². The number of nitrogens with one attached hydrogen (secondary N) is 2. The van der Waals surface area contributed by atoms with Gasteiger partial charge in [-0.2, -0.15) is 0 Å². The van der Waals surface area contributed by atoms with Gasteiger partial charge in [0.1, 0.15) is 0 Å². The van der Waals surface area contributed by atoms with E-state index in [1.165, 1.54) is 0 Å². The summed E-state index contributed by atoms with van der Waals surface area (Å²) in [5, 5.41) is 5.70. The average molecular weight is 223 g/mol. The Bertz CT molecular complexity index is 356. The van der Waals surface area contributed by atoms with Crippen LogP contribution in [0.2, 0.25) is 0 Å². The van der Waals surface area contributed by atoms with Gasteiger partial charge in [0.25, 0.3) is 0 Å². The number of hydrogen-bond acceptors (Lipinski definition) is 2. The molecule has 0 spiro atoms. The van der Waals surface area contributed by atoms with Crippen molar-refractivity contribution in [2.24, 2.45) is 7.05 Å². The van der Waals surface area contributed by atoms with E-state index in [-0.39, 0.29) is 12.1 Å². The topological polar surface area (TPSA) is 55.3 Å². The van der Waals surface area contributed by atoms with Gasteiger partial charge >= 0.3 is 6.03 Å². The molecule has 88 valence electrons. The summed E-state index contributed by atoms with van der Waals surface area (Å²) in [6, 6.07) is 3.98. The van der Waals surface area contributed by atoms with Crippen LogP contribution >= 0.6 is 0 Å². The summed E-state index contributed by atoms with van der Waals surface area (Å²) in [4.78, 5) is 11.5. The minimum atomic E-state index is -0.128. The van der Waals surface area contributed by atoms with E-state index in [0.717, 1.165) is 18.7 Å². The van der Waals surface area contributed by atoms with Crippen molar-refractivity contribution in [1.29, 1.82) is 0 Å². The molecule has 0 aliphatic carbocycles. The Kier molecular flexibility index (Phi) is 3.46. The van der Waals surface area contributed by atoms with Crippen molar-refractivity contribution in [3.63, 3.8) is 0 Å². The summed E-state index contributed by atoms with van der Waals surface area (Å²) in [5.74, 6) is 0. The molecule has 1 saturated heterocycles. The fraction of sp³-hybridized carbons (Fsp3) is 0.545. The van der Waals surface area contributed by atoms with Crippen molar-refractivity contribution in [3.8, 4) is 0 Å². The number of carbonyl (C=O) groups is 1. The predicted molar refractivity (Wildman–Crippen MR) is 60.0 cm³/mol. The zero-order valence-electron chi connectivity index (χ0n) is 9.40. The molecule has 2 N–H and O–H groups in total. The number of rotatable bonds is 3. The number of amides is 2. The van der Waals surface area contributed by atoms with Gasteiger partial charge in [-0.3, -0.25) is 0 Å². The highest BCUT2D eigenvalue weighted by molar-refractivity contribution is 5.74. The molecule has 1 atom stereocenters. The lowest BCUT2D eigenvalue weighted by molar-refractivity contribution is 0.188. The standard InChI is InChI=1S/C11H17N3O2/c1-14-5-2-3-10(14)7-12-11(15)13-9-4-6-16-8-9/h2-3,5,9H,4,6-8H2,1H3,(H2,12,13,15). The molecule has 1 unspecified atom stereocenters. The second-order valence-electron chi connectivity index (χ2n) is 4.00. The highest BCUT2D eigenvalue weighted by Gasteiger charge is 2.17. The third kappa shape index (κ3) is 2.76. The number of hydrogen-bond donors (Lipinski definition) is 2. The number of aryl methyl sites for hydroxylation is 1. The third-order valence-electron chi connectivity index (χ3n) is 2.75. The molecule has 1 aromatic heterocycles. The van der Waals surface area contributed by atoms with Crippen LogP contribution in [0.1, 0.15) is 12.1 Å². The number of carbonyl (C=O) groups excluding carboxylic acids is 1. The first-order chi connectivity index (χ1) is 7.75. The zero-order valence-corrected chi connectivity index (χ0v) is 9.40. The summed E-state index contributed by atoms with van der Waals surface area (Å²) < 4.78 is 7.17. The Hall–Kier alpha value is -1.49. The van der Waals surface area contributed by atoms with Crippen molar-refractivity contribution in [2.45, 2.75) is 19.0 Å². The van der Waals surface area contributed by atoms with E-state index in [9.17, 15) is 4.79 Å². The quantitative estimate of drug-likeness (QED) is 0.789. The van der Waals surface area contributed by atoms with E-state index >= 15 is 0 Å². The van der Waals surface area contributed by atoms with Crippen LogP contribution in [-0.2, 0) is 18.3 Å². The highest BCUT2D eigenvalue weighted by Crippen LogP contribution is 2.03. The molecule has 5 nitrogen and oxygen atoms in total. The molecule has 0 radical (unpaired) electrons. The summed E-state index contributed by atoms with van der Waals surface area (Å²) in [6.07, 6.45) is 2.86. The first-order valence-corrected chi connectivity index (χ1v) is 5.48. The Morgan fingerprint density at radius 2 is 2.56 bits per heavy atom. The molecule has 0 aromatic carbocycles. The third-order valence-corrected chi connectivity index (χ3v) is 2.75. The van der Waals surface area contributed by atoms with Gasteiger partial charge in [-0.05, 0) is 18.6 Å². The van der Waals surface area contributed by atoms with Gasteiger partial charge in [-0.15, -0.1) is 0 Å². The number of aromatic nitrogens is 1. The van der Waals surface area contributed by atoms with Crippen LogP contribution in [0, 0.1) is 0 Å². The fourth-order valence-corrected chi connectivity index (χ4v) is 1.74. The Morgan fingerprint density at radius 3 is 3.19 bits per heavy atom. The van der Waals surface area contributed by atoms with Crippen LogP contribution in [0.3, 0.4) is 0 Å². The van der Waals surface area contributed by atoms with Crippen LogP contribution < -0.4 is 10.6 Å². The number of nitrogens with zero attached hydrogens (tertiary/aromatic N) is 1. The molecule has 5 heteroatoms. The van der Waals surface area contributed by atoms with Gasteiger partial charge in [0.2, 0.25) is 0 Å². The van der Waals surface area contributed by atoms with Crippen molar-refractivity contribution >= 4 is 6.03 Å². The van der Waals surface area contributed by atoms with Crippen molar-refractivity contribution in [2.75, 3.05) is 13.2 Å². The van der Waals surface area contributed by atoms with E-state index in [1.54, 1.807) is 0 Å². The van der Waals surface area contributed by atoms with Crippen LogP contribution in [-0.4, -0.2) is 29.9 Å². The van der Waals surface area contributed by atoms with Gasteiger partial charge in [0, 0.05) is 25.5 Å². The van der Waals surface area contributed by atoms with Crippen LogP contribution in [0.15, 0.2) is 18.3 Å². The molecule has 0 saturated carbocycles. The Morgan fingerprint density at radius 1 is 1.69 bits per heavy atom. The van der Waals surface area contributed by atoms with E-state index in [4.69, 9.17) is 4.74 Å². The molecule has 1 aliphatic rings. The van der Waals surface area contributed by atoms with Gasteiger partial charge < -0.3 is 19.9 Å². The lowest BCUT2D eigenvalue weighted by Crippen LogP contribution is -2.42. The molecule has 2 heterocycles. The van der Waals surface area contributed by atoms with Crippen molar-refractivity contribution in [3.05, 3.63) is 24.0 Å². The van der Waals surface area contributed by atoms with E-state index in [1.807, 2.05) is 29.9 Å². The minimum absolute atomic E-state index is 0.128. The zero-order chi connectivity index (χ0) is 11.4. The maximum Gasteiger partial charge on any atom is 0.315 e. The Labute approximate surface area is 94.8 Å². The average Bonchev–Trinajstić information content (AvgIpc) is 2.87. The maximum absolute atomic E-state index is 11.5. The van der Waals surface area contributed by atoms with Crippen molar-refractivity contribution in [1.82, 2.24) is 15.2 Å². The summed E-state index contributed by atoms with van der Waals surface area (Å²) in [5.41, 5.74) is 1.08. The van der Waals surface area contributed by atoms with Gasteiger partial charge in [-0.1, -0.05) is 0 Å². The minimum Gasteiger partial charge on any atom is -0.379 e. The Balaban J connectivity index is 1.73. The monoisotopic (exact) mass is 223 g/mol. The summed E-state index contributed by atoms with van der Waals surface area (Å²) >= 11 is 0. The van der Waals surface area contributed by atoms with Gasteiger partial charge in [-0.25, -0.2) is 4.79 Å². The van der Waals surface area contributed by atoms with Crippen molar-refractivity contribution < 1.29 is 9.53 Å². The van der Waals surface area contributed by atoms with Crippen LogP contribution in [0.4, 0.5) is 4.79 Å². The summed E-state index contributed by atoms with van der Waals surface area (Å²) in [6.45, 7) is 1.91. The van der Waals surface area contributed by atoms with Crippen LogP contribution in [0.25, 0.3) is 0 Å². The lowest BCUT2D eigenvalue weighted by Gasteiger charge is -2.12. The maximum atomic E-state index is 11.5. The largest absolute Gasteiger partial charge is 0.379 e. The first-order valence-electron chi connectivity index (χ1n) is 5.48. The number of urea groups is 1. The fourth-order valence-electron chi connectivity index (χ4n) is 1.74. The first kappa shape index (κ1) is 11.0. The number of ether oxygens (including phenoxy) is 1. The second kappa shape index (κ2) is 5.03. The van der Waals surface area contributed by atoms with E-state index < -0.39 is 0 Å². The normalized spacial score (nSPS) is 19.7. The SMILES string of the molecule is Cn1cccc1CNC(=O)NC1CCOC1. The molecule has 2 rings (SSSR count). The molecular weight excluding hydrogens is 206 g/mol. The smallest absolute Gasteiger partial charge is 0.315 e. The molecule has 1 aliphatic heterocycles. The van der Waals surface area contributed by atoms with E-state index in [2.05, 4.69) is 10.6 Å². The molecule has 1 aromatic rings. The molecule has 16 heavy (non-hydrogen) atoms. The lowest BCUT2D eigenvalue weighted by atomic mass is 10.3. The highest BCUT2D eigenvalue weighted by atomic mass is 16.5. The second-order valence-corrected chi connectivity index (χ2v) is 4.00. The molecule has 1 fully saturated rings. The molecule has 0 bridgehead atoms.